The quantitative estimate of drug-likeness (QED) is 0.769. The van der Waals surface area contributed by atoms with Crippen LogP contribution in [0.5, 0.6) is 0 Å². The highest BCUT2D eigenvalue weighted by Gasteiger charge is 2.15. The Bertz CT molecular complexity index is 695. The van der Waals surface area contributed by atoms with Gasteiger partial charge in [-0.15, -0.1) is 6.42 Å². The van der Waals surface area contributed by atoms with Crippen molar-refractivity contribution in [1.29, 1.82) is 0 Å². The molecule has 17 heavy (non-hydrogen) atoms. The van der Waals surface area contributed by atoms with Crippen molar-refractivity contribution in [1.82, 2.24) is 9.55 Å². The van der Waals surface area contributed by atoms with E-state index in [1.54, 1.807) is 24.3 Å². The Hall–Kier alpha value is -2.61. The van der Waals surface area contributed by atoms with E-state index in [4.69, 9.17) is 11.5 Å². The number of carboxylic acids is 1. The van der Waals surface area contributed by atoms with Gasteiger partial charge in [-0.25, -0.2) is 9.78 Å². The molecule has 0 atom stereocenters. The highest BCUT2D eigenvalue weighted by Crippen LogP contribution is 2.09. The van der Waals surface area contributed by atoms with E-state index in [9.17, 15) is 9.59 Å². The largest absolute Gasteiger partial charge is 0.476 e. The van der Waals surface area contributed by atoms with Crippen molar-refractivity contribution < 1.29 is 9.90 Å². The maximum Gasteiger partial charge on any atom is 0.360 e. The Kier molecular flexibility index (Phi) is 2.63. The van der Waals surface area contributed by atoms with Crippen molar-refractivity contribution in [2.75, 3.05) is 0 Å². The molecule has 84 valence electrons. The maximum absolute atomic E-state index is 11.8. The van der Waals surface area contributed by atoms with Gasteiger partial charge < -0.3 is 5.11 Å². The van der Waals surface area contributed by atoms with Gasteiger partial charge in [0.15, 0.2) is 0 Å². The molecule has 0 saturated heterocycles. The number of nitrogens with zero attached hydrogens (tertiary/aromatic N) is 2. The maximum atomic E-state index is 11.8. The highest BCUT2D eigenvalue weighted by atomic mass is 16.4. The predicted molar refractivity (Wildman–Crippen MR) is 61.8 cm³/mol. The number of hydrogen-bond acceptors (Lipinski definition) is 3. The predicted octanol–water partition coefficient (Wildman–Crippen LogP) is 0.728. The third-order valence-corrected chi connectivity index (χ3v) is 2.30. The molecule has 1 heterocycles. The Morgan fingerprint density at radius 1 is 1.47 bits per heavy atom. The minimum absolute atomic E-state index is 0.0160. The van der Waals surface area contributed by atoms with Gasteiger partial charge in [-0.3, -0.25) is 9.36 Å². The second kappa shape index (κ2) is 4.10. The molecule has 2 rings (SSSR count). The molecule has 5 heteroatoms. The molecule has 2 aromatic rings. The molecule has 5 nitrogen and oxygen atoms in total. The van der Waals surface area contributed by atoms with Crippen molar-refractivity contribution in [3.05, 3.63) is 40.3 Å². The van der Waals surface area contributed by atoms with Gasteiger partial charge in [0.25, 0.3) is 5.56 Å². The van der Waals surface area contributed by atoms with Crippen LogP contribution < -0.4 is 5.56 Å². The van der Waals surface area contributed by atoms with Crippen molar-refractivity contribution in [2.45, 2.75) is 6.54 Å². The molecule has 1 aromatic heterocycles. The van der Waals surface area contributed by atoms with Gasteiger partial charge in [0.05, 0.1) is 17.6 Å². The van der Waals surface area contributed by atoms with Gasteiger partial charge in [0.1, 0.15) is 0 Å². The van der Waals surface area contributed by atoms with Crippen LogP contribution in [-0.4, -0.2) is 20.6 Å². The van der Waals surface area contributed by atoms with Crippen LogP contribution in [0.15, 0.2) is 29.1 Å². The normalized spacial score (nSPS) is 10.1. The van der Waals surface area contributed by atoms with E-state index in [-0.39, 0.29) is 6.54 Å². The molecule has 1 aromatic carbocycles. The zero-order chi connectivity index (χ0) is 12.4. The summed E-state index contributed by atoms with van der Waals surface area (Å²) in [4.78, 5) is 26.5. The average Bonchev–Trinajstić information content (AvgIpc) is 2.32. The second-order valence-electron chi connectivity index (χ2n) is 3.35. The molecule has 1 N–H and O–H groups in total. The summed E-state index contributed by atoms with van der Waals surface area (Å²) in [7, 11) is 0. The molecular weight excluding hydrogens is 220 g/mol. The van der Waals surface area contributed by atoms with E-state index >= 15 is 0 Å². The highest BCUT2D eigenvalue weighted by molar-refractivity contribution is 5.88. The van der Waals surface area contributed by atoms with Crippen LogP contribution in [0.3, 0.4) is 0 Å². The summed E-state index contributed by atoms with van der Waals surface area (Å²) in [6, 6.07) is 6.75. The molecule has 0 unspecified atom stereocenters. The zero-order valence-corrected chi connectivity index (χ0v) is 8.75. The van der Waals surface area contributed by atoms with Crippen LogP contribution in [0.25, 0.3) is 11.0 Å². The fourth-order valence-corrected chi connectivity index (χ4v) is 1.58. The summed E-state index contributed by atoms with van der Waals surface area (Å²) in [6.45, 7) is 0.0160. The smallest absolute Gasteiger partial charge is 0.360 e. The van der Waals surface area contributed by atoms with Gasteiger partial charge in [0, 0.05) is 0 Å². The summed E-state index contributed by atoms with van der Waals surface area (Å²) >= 11 is 0. The van der Waals surface area contributed by atoms with Crippen LogP contribution in [0.4, 0.5) is 0 Å². The van der Waals surface area contributed by atoms with E-state index in [0.717, 1.165) is 0 Å². The molecule has 0 saturated carbocycles. The first-order valence-corrected chi connectivity index (χ1v) is 4.81. The van der Waals surface area contributed by atoms with E-state index in [0.29, 0.717) is 11.0 Å². The minimum Gasteiger partial charge on any atom is -0.476 e. The van der Waals surface area contributed by atoms with Crippen LogP contribution >= 0.6 is 0 Å². The molecule has 0 aliphatic rings. The number of aromatic carboxylic acids is 1. The van der Waals surface area contributed by atoms with Crippen LogP contribution in [0.2, 0.25) is 0 Å². The van der Waals surface area contributed by atoms with E-state index in [1.165, 1.54) is 4.57 Å². The molecule has 0 bridgehead atoms. The first-order chi connectivity index (χ1) is 8.15. The number of carboxylic acid groups (broad SMARTS) is 1. The van der Waals surface area contributed by atoms with Crippen molar-refractivity contribution in [3.63, 3.8) is 0 Å². The molecule has 0 aliphatic heterocycles. The van der Waals surface area contributed by atoms with Gasteiger partial charge >= 0.3 is 5.97 Å². The number of hydrogen-bond donors (Lipinski definition) is 1. The monoisotopic (exact) mass is 228 g/mol. The molecular formula is C12H8N2O3. The van der Waals surface area contributed by atoms with Gasteiger partial charge in [0.2, 0.25) is 5.69 Å². The van der Waals surface area contributed by atoms with Crippen molar-refractivity contribution in [2.24, 2.45) is 0 Å². The zero-order valence-electron chi connectivity index (χ0n) is 8.75. The standard InChI is InChI=1S/C12H8N2O3/c1-2-7-14-9-6-4-3-5-8(9)13-10(11(14)15)12(16)17/h1,3-6H,7H2,(H,16,17). The second-order valence-corrected chi connectivity index (χ2v) is 3.35. The summed E-state index contributed by atoms with van der Waals surface area (Å²) in [6.07, 6.45) is 5.17. The van der Waals surface area contributed by atoms with Crippen molar-refractivity contribution >= 4 is 17.0 Å². The van der Waals surface area contributed by atoms with Crippen LogP contribution in [0.1, 0.15) is 10.5 Å². The number of fused-ring (bicyclic) bond motifs is 1. The number of terminal acetylenes is 1. The van der Waals surface area contributed by atoms with Crippen LogP contribution in [0, 0.1) is 12.3 Å². The van der Waals surface area contributed by atoms with E-state index < -0.39 is 17.2 Å². The minimum atomic E-state index is -1.36. The molecule has 0 amide bonds. The number of carbonyl (C=O) groups is 1. The third-order valence-electron chi connectivity index (χ3n) is 2.30. The van der Waals surface area contributed by atoms with E-state index in [1.807, 2.05) is 0 Å². The first kappa shape index (κ1) is 10.9. The molecule has 0 spiro atoms. The molecule has 0 radical (unpaired) electrons. The lowest BCUT2D eigenvalue weighted by atomic mass is 10.2. The SMILES string of the molecule is C#CCn1c(=O)c(C(=O)O)nc2ccccc21. The fraction of sp³-hybridized carbons (Fsp3) is 0.0833. The number of benzene rings is 1. The lowest BCUT2D eigenvalue weighted by Gasteiger charge is -2.07. The lowest BCUT2D eigenvalue weighted by molar-refractivity contribution is 0.0688. The molecule has 0 fully saturated rings. The summed E-state index contributed by atoms with van der Waals surface area (Å²) in [5, 5.41) is 8.89. The van der Waals surface area contributed by atoms with Crippen molar-refractivity contribution in [3.8, 4) is 12.3 Å². The summed E-state index contributed by atoms with van der Waals surface area (Å²) in [5.74, 6) is 0.970. The average molecular weight is 228 g/mol. The molecule has 0 aliphatic carbocycles. The first-order valence-electron chi connectivity index (χ1n) is 4.81. The topological polar surface area (TPSA) is 72.2 Å². The number of aromatic nitrogens is 2. The van der Waals surface area contributed by atoms with Gasteiger partial charge in [-0.1, -0.05) is 18.1 Å². The fourth-order valence-electron chi connectivity index (χ4n) is 1.58. The Morgan fingerprint density at radius 2 is 2.18 bits per heavy atom. The van der Waals surface area contributed by atoms with Gasteiger partial charge in [-0.05, 0) is 12.1 Å². The third kappa shape index (κ3) is 1.76. The summed E-state index contributed by atoms with van der Waals surface area (Å²) in [5.41, 5.74) is -0.242. The Balaban J connectivity index is 2.91. The number of rotatable bonds is 2. The number of para-hydroxylation sites is 2. The Morgan fingerprint density at radius 3 is 2.82 bits per heavy atom. The van der Waals surface area contributed by atoms with E-state index in [2.05, 4.69) is 10.9 Å². The Labute approximate surface area is 96.3 Å². The lowest BCUT2D eigenvalue weighted by Crippen LogP contribution is -2.28. The summed E-state index contributed by atoms with van der Waals surface area (Å²) < 4.78 is 1.23. The van der Waals surface area contributed by atoms with Crippen LogP contribution in [-0.2, 0) is 6.54 Å². The van der Waals surface area contributed by atoms with Gasteiger partial charge in [-0.2, -0.15) is 0 Å².